The number of aliphatic hydroxyl groups excluding tert-OH is 1. The molecule has 4 heteroatoms. The lowest BCUT2D eigenvalue weighted by Gasteiger charge is -2.22. The van der Waals surface area contributed by atoms with Crippen molar-refractivity contribution in [2.24, 2.45) is 5.92 Å². The van der Waals surface area contributed by atoms with Gasteiger partial charge in [0.05, 0.1) is 12.1 Å². The highest BCUT2D eigenvalue weighted by Crippen LogP contribution is 2.28. The maximum absolute atomic E-state index is 11.8. The zero-order chi connectivity index (χ0) is 13.5. The van der Waals surface area contributed by atoms with Crippen molar-refractivity contribution in [3.05, 3.63) is 0 Å². The van der Waals surface area contributed by atoms with Gasteiger partial charge in [-0.2, -0.15) is 0 Å². The van der Waals surface area contributed by atoms with E-state index in [2.05, 4.69) is 5.32 Å². The molecule has 18 heavy (non-hydrogen) atoms. The summed E-state index contributed by atoms with van der Waals surface area (Å²) in [5.74, 6) is 0.775. The molecule has 4 nitrogen and oxygen atoms in total. The summed E-state index contributed by atoms with van der Waals surface area (Å²) in [6.07, 6.45) is 5.67. The van der Waals surface area contributed by atoms with E-state index in [1.54, 1.807) is 11.9 Å². The minimum atomic E-state index is -0.324. The smallest absolute Gasteiger partial charge is 0.239 e. The molecule has 106 valence electrons. The summed E-state index contributed by atoms with van der Waals surface area (Å²) in [6.45, 7) is 5.05. The fraction of sp³-hybridized carbons (Fsp3) is 0.929. The van der Waals surface area contributed by atoms with Gasteiger partial charge < -0.3 is 15.3 Å². The standard InChI is InChI=1S/C14H28N2O2/c1-4-16(3)14(18)11(2)15-10-13(17)9-12-7-5-6-8-12/h11-13,15,17H,4-10H2,1-3H3. The monoisotopic (exact) mass is 256 g/mol. The molecular formula is C14H28N2O2. The maximum Gasteiger partial charge on any atom is 0.239 e. The number of hydrogen-bond acceptors (Lipinski definition) is 3. The van der Waals surface area contributed by atoms with Gasteiger partial charge in [0, 0.05) is 20.1 Å². The Bertz CT molecular complexity index is 252. The van der Waals surface area contributed by atoms with Crippen molar-refractivity contribution in [3.8, 4) is 0 Å². The van der Waals surface area contributed by atoms with Crippen molar-refractivity contribution >= 4 is 5.91 Å². The molecule has 2 N–H and O–H groups in total. The Labute approximate surface area is 111 Å². The zero-order valence-electron chi connectivity index (χ0n) is 12.0. The number of aliphatic hydroxyl groups is 1. The second-order valence-electron chi connectivity index (χ2n) is 5.52. The van der Waals surface area contributed by atoms with E-state index in [9.17, 15) is 9.90 Å². The first-order chi connectivity index (χ1) is 8.54. The molecule has 0 aromatic rings. The molecule has 1 rings (SSSR count). The highest BCUT2D eigenvalue weighted by atomic mass is 16.3. The topological polar surface area (TPSA) is 52.6 Å². The Kier molecular flexibility index (Phi) is 6.65. The third-order valence-corrected chi connectivity index (χ3v) is 3.96. The Hall–Kier alpha value is -0.610. The first kappa shape index (κ1) is 15.4. The average molecular weight is 256 g/mol. The number of hydrogen-bond donors (Lipinski definition) is 2. The van der Waals surface area contributed by atoms with Crippen LogP contribution in [0.5, 0.6) is 0 Å². The predicted octanol–water partition coefficient (Wildman–Crippen LogP) is 1.38. The van der Waals surface area contributed by atoms with Crippen molar-refractivity contribution in [1.29, 1.82) is 0 Å². The number of nitrogens with zero attached hydrogens (tertiary/aromatic N) is 1. The molecule has 0 spiro atoms. The number of amides is 1. The summed E-state index contributed by atoms with van der Waals surface area (Å²) in [4.78, 5) is 13.5. The van der Waals surface area contributed by atoms with E-state index in [0.29, 0.717) is 12.5 Å². The molecule has 1 fully saturated rings. The lowest BCUT2D eigenvalue weighted by atomic mass is 10.00. The molecule has 0 aliphatic heterocycles. The SMILES string of the molecule is CCN(C)C(=O)C(C)NCC(O)CC1CCCC1. The summed E-state index contributed by atoms with van der Waals surface area (Å²) in [5.41, 5.74) is 0. The Morgan fingerprint density at radius 1 is 1.44 bits per heavy atom. The summed E-state index contributed by atoms with van der Waals surface area (Å²) in [7, 11) is 1.80. The quantitative estimate of drug-likeness (QED) is 0.723. The van der Waals surface area contributed by atoms with Crippen LogP contribution in [-0.2, 0) is 4.79 Å². The molecule has 2 unspecified atom stereocenters. The van der Waals surface area contributed by atoms with Gasteiger partial charge in [0.25, 0.3) is 0 Å². The van der Waals surface area contributed by atoms with Crippen LogP contribution in [0.2, 0.25) is 0 Å². The lowest BCUT2D eigenvalue weighted by molar-refractivity contribution is -0.131. The van der Waals surface area contributed by atoms with E-state index in [1.807, 2.05) is 13.8 Å². The molecule has 0 saturated heterocycles. The Morgan fingerprint density at radius 3 is 2.61 bits per heavy atom. The van der Waals surface area contributed by atoms with Gasteiger partial charge in [-0.15, -0.1) is 0 Å². The third kappa shape index (κ3) is 4.94. The first-order valence-corrected chi connectivity index (χ1v) is 7.21. The van der Waals surface area contributed by atoms with E-state index >= 15 is 0 Å². The van der Waals surface area contributed by atoms with Crippen molar-refractivity contribution < 1.29 is 9.90 Å². The third-order valence-electron chi connectivity index (χ3n) is 3.96. The summed E-state index contributed by atoms with van der Waals surface area (Å²) in [6, 6.07) is -0.215. The maximum atomic E-state index is 11.8. The van der Waals surface area contributed by atoms with Crippen LogP contribution in [0.4, 0.5) is 0 Å². The fourth-order valence-electron chi connectivity index (χ4n) is 2.60. The minimum Gasteiger partial charge on any atom is -0.392 e. The molecule has 1 amide bonds. The van der Waals surface area contributed by atoms with E-state index in [1.165, 1.54) is 25.7 Å². The first-order valence-electron chi connectivity index (χ1n) is 7.21. The Balaban J connectivity index is 2.20. The second-order valence-corrected chi connectivity index (χ2v) is 5.52. The molecule has 1 aliphatic rings. The average Bonchev–Trinajstić information content (AvgIpc) is 2.86. The van der Waals surface area contributed by atoms with Gasteiger partial charge in [-0.25, -0.2) is 0 Å². The molecule has 0 radical (unpaired) electrons. The van der Waals surface area contributed by atoms with Gasteiger partial charge in [0.2, 0.25) is 5.91 Å². The molecule has 0 bridgehead atoms. The van der Waals surface area contributed by atoms with Crippen LogP contribution in [0.25, 0.3) is 0 Å². The van der Waals surface area contributed by atoms with Gasteiger partial charge >= 0.3 is 0 Å². The zero-order valence-corrected chi connectivity index (χ0v) is 12.0. The molecule has 1 aliphatic carbocycles. The van der Waals surface area contributed by atoms with Crippen LogP contribution < -0.4 is 5.32 Å². The van der Waals surface area contributed by atoms with Crippen LogP contribution in [-0.4, -0.2) is 48.2 Å². The van der Waals surface area contributed by atoms with Gasteiger partial charge in [0.1, 0.15) is 0 Å². The number of carbonyl (C=O) groups is 1. The fourth-order valence-corrected chi connectivity index (χ4v) is 2.60. The van der Waals surface area contributed by atoms with Crippen LogP contribution in [0, 0.1) is 5.92 Å². The summed E-state index contributed by atoms with van der Waals surface area (Å²) >= 11 is 0. The van der Waals surface area contributed by atoms with E-state index in [0.717, 1.165) is 13.0 Å². The van der Waals surface area contributed by atoms with Crippen LogP contribution in [0.15, 0.2) is 0 Å². The molecule has 2 atom stereocenters. The highest BCUT2D eigenvalue weighted by Gasteiger charge is 2.21. The van der Waals surface area contributed by atoms with Crippen LogP contribution in [0.3, 0.4) is 0 Å². The van der Waals surface area contributed by atoms with E-state index in [4.69, 9.17) is 0 Å². The van der Waals surface area contributed by atoms with Gasteiger partial charge in [-0.3, -0.25) is 4.79 Å². The number of carbonyl (C=O) groups excluding carboxylic acids is 1. The van der Waals surface area contributed by atoms with Gasteiger partial charge in [-0.05, 0) is 26.2 Å². The lowest BCUT2D eigenvalue weighted by Crippen LogP contribution is -2.45. The van der Waals surface area contributed by atoms with Crippen molar-refractivity contribution in [2.75, 3.05) is 20.1 Å². The van der Waals surface area contributed by atoms with Crippen molar-refractivity contribution in [1.82, 2.24) is 10.2 Å². The van der Waals surface area contributed by atoms with Crippen molar-refractivity contribution in [2.45, 2.75) is 58.1 Å². The van der Waals surface area contributed by atoms with Gasteiger partial charge in [0.15, 0.2) is 0 Å². The van der Waals surface area contributed by atoms with Crippen LogP contribution >= 0.6 is 0 Å². The number of likely N-dealkylation sites (N-methyl/N-ethyl adjacent to an activating group) is 1. The van der Waals surface area contributed by atoms with E-state index in [-0.39, 0.29) is 18.1 Å². The van der Waals surface area contributed by atoms with E-state index < -0.39 is 0 Å². The Morgan fingerprint density at radius 2 is 2.06 bits per heavy atom. The van der Waals surface area contributed by atoms with Gasteiger partial charge in [-0.1, -0.05) is 25.7 Å². The number of rotatable bonds is 7. The minimum absolute atomic E-state index is 0.0885. The molecule has 0 aromatic carbocycles. The molecular weight excluding hydrogens is 228 g/mol. The molecule has 1 saturated carbocycles. The predicted molar refractivity (Wildman–Crippen MR) is 73.4 cm³/mol. The normalized spacial score (nSPS) is 19.8. The number of nitrogens with one attached hydrogen (secondary N) is 1. The summed E-state index contributed by atoms with van der Waals surface area (Å²) in [5, 5.41) is 13.1. The van der Waals surface area contributed by atoms with Crippen LogP contribution in [0.1, 0.15) is 46.0 Å². The second kappa shape index (κ2) is 7.74. The van der Waals surface area contributed by atoms with Crippen molar-refractivity contribution in [3.63, 3.8) is 0 Å². The summed E-state index contributed by atoms with van der Waals surface area (Å²) < 4.78 is 0. The highest BCUT2D eigenvalue weighted by molar-refractivity contribution is 5.81. The molecule has 0 heterocycles. The molecule has 0 aromatic heterocycles. The largest absolute Gasteiger partial charge is 0.392 e.